The van der Waals surface area contributed by atoms with Gasteiger partial charge in [0.25, 0.3) is 0 Å². The van der Waals surface area contributed by atoms with Crippen molar-refractivity contribution in [2.24, 2.45) is 0 Å². The van der Waals surface area contributed by atoms with Crippen LogP contribution in [0.1, 0.15) is 41.0 Å². The fraction of sp³-hybridized carbons (Fsp3) is 0.391. The number of methoxy groups -OCH3 is 2. The van der Waals surface area contributed by atoms with E-state index in [0.29, 0.717) is 53.8 Å². The molecule has 168 valence electrons. The van der Waals surface area contributed by atoms with Crippen molar-refractivity contribution in [2.75, 3.05) is 40.6 Å². The van der Waals surface area contributed by atoms with E-state index >= 15 is 0 Å². The van der Waals surface area contributed by atoms with Gasteiger partial charge in [0.2, 0.25) is 0 Å². The third-order valence-corrected chi connectivity index (χ3v) is 4.15. The highest BCUT2D eigenvalue weighted by atomic mass is 16.5. The average Bonchev–Trinajstić information content (AvgIpc) is 2.79. The van der Waals surface area contributed by atoms with Gasteiger partial charge in [-0.15, -0.1) is 0 Å². The third-order valence-electron chi connectivity index (χ3n) is 4.15. The summed E-state index contributed by atoms with van der Waals surface area (Å²) >= 11 is 0. The van der Waals surface area contributed by atoms with Crippen molar-refractivity contribution < 1.29 is 38.0 Å². The molecule has 0 aliphatic carbocycles. The van der Waals surface area contributed by atoms with Gasteiger partial charge in [-0.25, -0.2) is 9.59 Å². The van der Waals surface area contributed by atoms with Gasteiger partial charge in [-0.05, 0) is 50.2 Å². The van der Waals surface area contributed by atoms with Gasteiger partial charge in [0.15, 0.2) is 23.0 Å². The highest BCUT2D eigenvalue weighted by molar-refractivity contribution is 5.90. The molecule has 0 spiro atoms. The summed E-state index contributed by atoms with van der Waals surface area (Å²) in [4.78, 5) is 24.5. The minimum atomic E-state index is -0.494. The van der Waals surface area contributed by atoms with Crippen LogP contribution >= 0.6 is 0 Å². The van der Waals surface area contributed by atoms with E-state index in [2.05, 4.69) is 0 Å². The van der Waals surface area contributed by atoms with Crippen LogP contribution < -0.4 is 18.9 Å². The van der Waals surface area contributed by atoms with E-state index in [4.69, 9.17) is 28.4 Å². The summed E-state index contributed by atoms with van der Waals surface area (Å²) in [5.74, 6) is 1.03. The molecule has 0 radical (unpaired) electrons. The van der Waals surface area contributed by atoms with E-state index in [1.165, 1.54) is 14.2 Å². The molecule has 0 atom stereocenters. The summed E-state index contributed by atoms with van der Waals surface area (Å²) in [7, 11) is 3.06. The molecule has 0 N–H and O–H groups in total. The molecule has 0 aliphatic heterocycles. The zero-order valence-electron chi connectivity index (χ0n) is 18.3. The second-order valence-corrected chi connectivity index (χ2v) is 6.22. The topological polar surface area (TPSA) is 89.5 Å². The van der Waals surface area contributed by atoms with Crippen molar-refractivity contribution in [3.63, 3.8) is 0 Å². The van der Waals surface area contributed by atoms with Crippen LogP contribution in [0.2, 0.25) is 0 Å². The largest absolute Gasteiger partial charge is 0.493 e. The van der Waals surface area contributed by atoms with Gasteiger partial charge in [0.05, 0.1) is 51.8 Å². The number of benzene rings is 2. The first-order chi connectivity index (χ1) is 15.0. The van der Waals surface area contributed by atoms with E-state index < -0.39 is 11.9 Å². The van der Waals surface area contributed by atoms with Gasteiger partial charge in [-0.1, -0.05) is 0 Å². The molecule has 0 fully saturated rings. The van der Waals surface area contributed by atoms with E-state index in [1.54, 1.807) is 36.4 Å². The van der Waals surface area contributed by atoms with Gasteiger partial charge in [0, 0.05) is 6.42 Å². The fourth-order valence-electron chi connectivity index (χ4n) is 2.70. The van der Waals surface area contributed by atoms with Crippen molar-refractivity contribution in [3.05, 3.63) is 47.5 Å². The maximum atomic E-state index is 12.2. The van der Waals surface area contributed by atoms with Crippen LogP contribution in [0.4, 0.5) is 0 Å². The molecule has 0 saturated carbocycles. The number of rotatable bonds is 12. The number of carbonyl (C=O) groups is 2. The van der Waals surface area contributed by atoms with E-state index in [1.807, 2.05) is 13.8 Å². The lowest BCUT2D eigenvalue weighted by Gasteiger charge is -2.12. The highest BCUT2D eigenvalue weighted by Gasteiger charge is 2.14. The quantitative estimate of drug-likeness (QED) is 0.368. The summed E-state index contributed by atoms with van der Waals surface area (Å²) in [6, 6.07) is 9.64. The Hall–Kier alpha value is -3.42. The Bertz CT molecular complexity index is 806. The van der Waals surface area contributed by atoms with E-state index in [9.17, 15) is 9.59 Å². The lowest BCUT2D eigenvalue weighted by atomic mass is 10.2. The average molecular weight is 432 g/mol. The summed E-state index contributed by atoms with van der Waals surface area (Å²) < 4.78 is 31.8. The Morgan fingerprint density at radius 3 is 1.45 bits per heavy atom. The molecule has 0 aromatic heterocycles. The molecule has 0 bridgehead atoms. The summed E-state index contributed by atoms with van der Waals surface area (Å²) in [6.45, 7) is 4.79. The fourth-order valence-corrected chi connectivity index (χ4v) is 2.70. The molecule has 2 aromatic carbocycles. The van der Waals surface area contributed by atoms with Crippen LogP contribution in [0, 0.1) is 0 Å². The Labute approximate surface area is 182 Å². The molecule has 8 nitrogen and oxygen atoms in total. The van der Waals surface area contributed by atoms with Crippen molar-refractivity contribution in [1.82, 2.24) is 0 Å². The van der Waals surface area contributed by atoms with Gasteiger partial charge in [0.1, 0.15) is 0 Å². The predicted molar refractivity (Wildman–Crippen MR) is 114 cm³/mol. The van der Waals surface area contributed by atoms with Gasteiger partial charge < -0.3 is 28.4 Å². The van der Waals surface area contributed by atoms with Crippen LogP contribution in [-0.4, -0.2) is 52.6 Å². The zero-order valence-corrected chi connectivity index (χ0v) is 18.3. The highest BCUT2D eigenvalue weighted by Crippen LogP contribution is 2.29. The molecule has 0 saturated heterocycles. The second-order valence-electron chi connectivity index (χ2n) is 6.22. The first kappa shape index (κ1) is 23.9. The van der Waals surface area contributed by atoms with Gasteiger partial charge in [-0.2, -0.15) is 0 Å². The molecular weight excluding hydrogens is 404 g/mol. The molecule has 31 heavy (non-hydrogen) atoms. The summed E-state index contributed by atoms with van der Waals surface area (Å²) in [6.07, 6.45) is 0.362. The van der Waals surface area contributed by atoms with Crippen molar-refractivity contribution in [2.45, 2.75) is 20.3 Å². The number of esters is 2. The monoisotopic (exact) mass is 432 g/mol. The van der Waals surface area contributed by atoms with E-state index in [-0.39, 0.29) is 13.2 Å². The molecule has 8 heteroatoms. The van der Waals surface area contributed by atoms with Crippen LogP contribution in [0.5, 0.6) is 23.0 Å². The van der Waals surface area contributed by atoms with Crippen LogP contribution in [0.15, 0.2) is 36.4 Å². The van der Waals surface area contributed by atoms with Crippen molar-refractivity contribution in [3.8, 4) is 23.0 Å². The molecule has 0 aliphatic rings. The normalized spacial score (nSPS) is 10.2. The Morgan fingerprint density at radius 2 is 1.10 bits per heavy atom. The zero-order chi connectivity index (χ0) is 22.6. The lowest BCUT2D eigenvalue weighted by Crippen LogP contribution is -2.11. The SMILES string of the molecule is CCOc1cc(C(=O)OCCCOC(=O)c2ccc(OC)c(OCC)c2)ccc1OC. The minimum absolute atomic E-state index is 0.106. The van der Waals surface area contributed by atoms with Crippen molar-refractivity contribution >= 4 is 11.9 Å². The smallest absolute Gasteiger partial charge is 0.338 e. The number of ether oxygens (including phenoxy) is 6. The van der Waals surface area contributed by atoms with Gasteiger partial charge in [-0.3, -0.25) is 0 Å². The Balaban J connectivity index is 1.81. The van der Waals surface area contributed by atoms with Crippen LogP contribution in [0.3, 0.4) is 0 Å². The molecular formula is C23H28O8. The maximum absolute atomic E-state index is 12.2. The third kappa shape index (κ3) is 6.80. The first-order valence-corrected chi connectivity index (χ1v) is 9.99. The maximum Gasteiger partial charge on any atom is 0.338 e. The molecule has 2 aromatic rings. The molecule has 0 unspecified atom stereocenters. The molecule has 2 rings (SSSR count). The van der Waals surface area contributed by atoms with Crippen molar-refractivity contribution in [1.29, 1.82) is 0 Å². The van der Waals surface area contributed by atoms with Crippen LogP contribution in [-0.2, 0) is 9.47 Å². The number of hydrogen-bond donors (Lipinski definition) is 0. The standard InChI is InChI=1S/C23H28O8/c1-5-28-20-14-16(8-10-18(20)26-3)22(24)30-12-7-13-31-23(25)17-9-11-19(27-4)21(15-17)29-6-2/h8-11,14-15H,5-7,12-13H2,1-4H3. The minimum Gasteiger partial charge on any atom is -0.493 e. The summed E-state index contributed by atoms with van der Waals surface area (Å²) in [5.41, 5.74) is 0.700. The second kappa shape index (κ2) is 12.3. The summed E-state index contributed by atoms with van der Waals surface area (Å²) in [5, 5.41) is 0. The predicted octanol–water partition coefficient (Wildman–Crippen LogP) is 3.91. The number of hydrogen-bond acceptors (Lipinski definition) is 8. The first-order valence-electron chi connectivity index (χ1n) is 9.99. The Kier molecular flexibility index (Phi) is 9.48. The molecule has 0 amide bonds. The molecule has 0 heterocycles. The number of carbonyl (C=O) groups excluding carboxylic acids is 2. The van der Waals surface area contributed by atoms with Crippen LogP contribution in [0.25, 0.3) is 0 Å². The van der Waals surface area contributed by atoms with E-state index in [0.717, 1.165) is 0 Å². The van der Waals surface area contributed by atoms with Gasteiger partial charge >= 0.3 is 11.9 Å². The lowest BCUT2D eigenvalue weighted by molar-refractivity contribution is 0.0395. The Morgan fingerprint density at radius 1 is 0.677 bits per heavy atom.